The lowest BCUT2D eigenvalue weighted by Gasteiger charge is -2.43. The van der Waals surface area contributed by atoms with E-state index in [1.807, 2.05) is 6.07 Å². The van der Waals surface area contributed by atoms with Gasteiger partial charge in [-0.1, -0.05) is 30.3 Å². The molecule has 4 N–H and O–H groups in total. The van der Waals surface area contributed by atoms with Gasteiger partial charge in [-0.15, -0.1) is 0 Å². The molecule has 0 aromatic heterocycles. The largest absolute Gasteiger partial charge is 0.395 e. The molecular formula is C20H23F2NO4. The molecule has 1 saturated heterocycles. The van der Waals surface area contributed by atoms with Crippen LogP contribution in [-0.2, 0) is 6.42 Å². The third-order valence-electron chi connectivity index (χ3n) is 5.11. The molecule has 7 heteroatoms. The molecule has 0 unspecified atom stereocenters. The molecule has 0 saturated carbocycles. The number of piperidine rings is 1. The summed E-state index contributed by atoms with van der Waals surface area (Å²) >= 11 is 0. The van der Waals surface area contributed by atoms with E-state index in [0.717, 1.165) is 0 Å². The lowest BCUT2D eigenvalue weighted by Crippen LogP contribution is -2.62. The average molecular weight is 379 g/mol. The highest BCUT2D eigenvalue weighted by Gasteiger charge is 2.40. The van der Waals surface area contributed by atoms with E-state index in [9.17, 15) is 29.2 Å². The van der Waals surface area contributed by atoms with E-state index in [0.29, 0.717) is 11.1 Å². The van der Waals surface area contributed by atoms with Gasteiger partial charge >= 0.3 is 0 Å². The number of hydrogen-bond acceptors (Lipinski definition) is 5. The zero-order valence-electron chi connectivity index (χ0n) is 14.7. The monoisotopic (exact) mass is 379 g/mol. The first kappa shape index (κ1) is 19.9. The Morgan fingerprint density at radius 1 is 0.926 bits per heavy atom. The van der Waals surface area contributed by atoms with Gasteiger partial charge in [0.15, 0.2) is 0 Å². The van der Waals surface area contributed by atoms with Crippen LogP contribution in [-0.4, -0.2) is 69.4 Å². The number of benzene rings is 2. The Kier molecular flexibility index (Phi) is 6.18. The van der Waals surface area contributed by atoms with Gasteiger partial charge in [0.1, 0.15) is 23.8 Å². The van der Waals surface area contributed by atoms with Gasteiger partial charge in [0.25, 0.3) is 0 Å². The van der Waals surface area contributed by atoms with Gasteiger partial charge in [-0.2, -0.15) is 0 Å². The molecule has 1 fully saturated rings. The van der Waals surface area contributed by atoms with Crippen LogP contribution in [0.5, 0.6) is 0 Å². The fourth-order valence-corrected chi connectivity index (χ4v) is 3.53. The Hall–Kier alpha value is -1.90. The maximum absolute atomic E-state index is 14.5. The summed E-state index contributed by atoms with van der Waals surface area (Å²) in [5.74, 6) is -1.35. The summed E-state index contributed by atoms with van der Waals surface area (Å²) in [7, 11) is 0. The normalized spacial score (nSPS) is 26.3. The molecule has 5 nitrogen and oxygen atoms in total. The number of rotatable bonds is 5. The molecule has 1 heterocycles. The Morgan fingerprint density at radius 2 is 1.56 bits per heavy atom. The maximum atomic E-state index is 14.5. The second-order valence-electron chi connectivity index (χ2n) is 6.83. The average Bonchev–Trinajstić information content (AvgIpc) is 2.66. The minimum Gasteiger partial charge on any atom is -0.395 e. The summed E-state index contributed by atoms with van der Waals surface area (Å²) in [6.45, 7) is -0.331. The van der Waals surface area contributed by atoms with E-state index in [-0.39, 0.29) is 25.1 Å². The van der Waals surface area contributed by atoms with Crippen molar-refractivity contribution >= 4 is 0 Å². The van der Waals surface area contributed by atoms with E-state index in [1.165, 1.54) is 17.0 Å². The van der Waals surface area contributed by atoms with Gasteiger partial charge in [0.05, 0.1) is 18.8 Å². The highest BCUT2D eigenvalue weighted by atomic mass is 19.1. The van der Waals surface area contributed by atoms with Crippen LogP contribution in [0.1, 0.15) is 5.56 Å². The van der Waals surface area contributed by atoms with E-state index in [4.69, 9.17) is 0 Å². The Labute approximate surface area is 156 Å². The molecular weight excluding hydrogens is 356 g/mol. The molecule has 27 heavy (non-hydrogen) atoms. The van der Waals surface area contributed by atoms with Crippen LogP contribution in [0.4, 0.5) is 8.78 Å². The van der Waals surface area contributed by atoms with Crippen LogP contribution >= 0.6 is 0 Å². The summed E-state index contributed by atoms with van der Waals surface area (Å²) in [5.41, 5.74) is 1.05. The standard InChI is InChI=1S/C20H23F2NO4/c21-15-8-13(12-4-2-1-3-5-12)9-16(22)14(15)6-7-23-10-18(25)20(27)19(26)17(23)11-24/h1-5,8-9,17-20,24-27H,6-7,10-11H2/t17-,18-,19+,20+/m0/s1. The molecule has 0 radical (unpaired) electrons. The zero-order valence-corrected chi connectivity index (χ0v) is 14.7. The van der Waals surface area contributed by atoms with Crippen molar-refractivity contribution in [1.29, 1.82) is 0 Å². The van der Waals surface area contributed by atoms with E-state index < -0.39 is 42.6 Å². The predicted octanol–water partition coefficient (Wildman–Crippen LogP) is 0.933. The summed E-state index contributed by atoms with van der Waals surface area (Å²) in [4.78, 5) is 1.53. The molecule has 2 aromatic carbocycles. The smallest absolute Gasteiger partial charge is 0.129 e. The van der Waals surface area contributed by atoms with Crippen molar-refractivity contribution in [2.24, 2.45) is 0 Å². The van der Waals surface area contributed by atoms with Crippen LogP contribution in [0.25, 0.3) is 11.1 Å². The summed E-state index contributed by atoms with van der Waals surface area (Å²) in [6, 6.07) is 10.7. The van der Waals surface area contributed by atoms with Crippen molar-refractivity contribution in [2.45, 2.75) is 30.8 Å². The highest BCUT2D eigenvalue weighted by Crippen LogP contribution is 2.26. The number of halogens is 2. The number of aliphatic hydroxyl groups is 4. The first-order valence-electron chi connectivity index (χ1n) is 8.84. The van der Waals surface area contributed by atoms with Gasteiger partial charge in [-0.3, -0.25) is 4.90 Å². The Morgan fingerprint density at radius 3 is 2.15 bits per heavy atom. The number of hydrogen-bond donors (Lipinski definition) is 4. The molecule has 0 bridgehead atoms. The van der Waals surface area contributed by atoms with Crippen LogP contribution in [0.3, 0.4) is 0 Å². The maximum Gasteiger partial charge on any atom is 0.129 e. The second-order valence-corrected chi connectivity index (χ2v) is 6.83. The first-order valence-corrected chi connectivity index (χ1v) is 8.84. The van der Waals surface area contributed by atoms with Crippen molar-refractivity contribution in [3.63, 3.8) is 0 Å². The van der Waals surface area contributed by atoms with Crippen LogP contribution in [0.15, 0.2) is 42.5 Å². The molecule has 146 valence electrons. The number of β-amino-alcohol motifs (C(OH)–C–C–N with tert-alkyl or cyclic N) is 1. The molecule has 4 atom stereocenters. The number of aliphatic hydroxyl groups excluding tert-OH is 4. The third-order valence-corrected chi connectivity index (χ3v) is 5.11. The third kappa shape index (κ3) is 4.17. The molecule has 0 spiro atoms. The predicted molar refractivity (Wildman–Crippen MR) is 96.0 cm³/mol. The van der Waals surface area contributed by atoms with Crippen LogP contribution in [0.2, 0.25) is 0 Å². The van der Waals surface area contributed by atoms with Crippen molar-refractivity contribution < 1.29 is 29.2 Å². The Bertz CT molecular complexity index is 751. The second kappa shape index (κ2) is 8.41. The Balaban J connectivity index is 1.76. The molecule has 3 rings (SSSR count). The lowest BCUT2D eigenvalue weighted by atomic mass is 9.93. The fourth-order valence-electron chi connectivity index (χ4n) is 3.53. The number of likely N-dealkylation sites (tertiary alicyclic amines) is 1. The van der Waals surface area contributed by atoms with E-state index in [1.54, 1.807) is 24.3 Å². The van der Waals surface area contributed by atoms with Crippen molar-refractivity contribution in [3.8, 4) is 11.1 Å². The zero-order chi connectivity index (χ0) is 19.6. The lowest BCUT2D eigenvalue weighted by molar-refractivity contribution is -0.144. The quantitative estimate of drug-likeness (QED) is 0.621. The summed E-state index contributed by atoms with van der Waals surface area (Å²) in [6.07, 6.45) is -3.90. The van der Waals surface area contributed by atoms with Gasteiger partial charge in [-0.25, -0.2) is 8.78 Å². The van der Waals surface area contributed by atoms with Crippen molar-refractivity contribution in [1.82, 2.24) is 4.90 Å². The van der Waals surface area contributed by atoms with Gasteiger partial charge in [0.2, 0.25) is 0 Å². The highest BCUT2D eigenvalue weighted by molar-refractivity contribution is 5.63. The molecule has 0 amide bonds. The van der Waals surface area contributed by atoms with E-state index in [2.05, 4.69) is 0 Å². The SMILES string of the molecule is OC[C@H]1[C@@H](O)[C@H](O)[C@@H](O)CN1CCc1c(F)cc(-c2ccccc2)cc1F. The van der Waals surface area contributed by atoms with Crippen LogP contribution in [0, 0.1) is 11.6 Å². The molecule has 0 aliphatic carbocycles. The minimum atomic E-state index is -1.36. The minimum absolute atomic E-state index is 0.00122. The van der Waals surface area contributed by atoms with Crippen molar-refractivity contribution in [2.75, 3.05) is 19.7 Å². The molecule has 1 aliphatic heterocycles. The molecule has 1 aliphatic rings. The summed E-state index contributed by atoms with van der Waals surface area (Å²) < 4.78 is 29.0. The summed E-state index contributed by atoms with van der Waals surface area (Å²) in [5, 5.41) is 39.0. The topological polar surface area (TPSA) is 84.2 Å². The first-order chi connectivity index (χ1) is 12.9. The van der Waals surface area contributed by atoms with E-state index >= 15 is 0 Å². The van der Waals surface area contributed by atoms with Gasteiger partial charge in [0, 0.05) is 18.7 Å². The van der Waals surface area contributed by atoms with Gasteiger partial charge < -0.3 is 20.4 Å². The van der Waals surface area contributed by atoms with Crippen molar-refractivity contribution in [3.05, 3.63) is 59.7 Å². The number of nitrogens with zero attached hydrogens (tertiary/aromatic N) is 1. The van der Waals surface area contributed by atoms with Crippen LogP contribution < -0.4 is 0 Å². The fraction of sp³-hybridized carbons (Fsp3) is 0.400. The molecule has 2 aromatic rings. The van der Waals surface area contributed by atoms with Gasteiger partial charge in [-0.05, 0) is 29.7 Å².